The van der Waals surface area contributed by atoms with Crippen LogP contribution in [0.3, 0.4) is 0 Å². The van der Waals surface area contributed by atoms with Crippen molar-refractivity contribution >= 4 is 28.5 Å². The summed E-state index contributed by atoms with van der Waals surface area (Å²) < 4.78 is 39.8. The van der Waals surface area contributed by atoms with Gasteiger partial charge >= 0.3 is 0 Å². The average molecular weight is 504 g/mol. The molecule has 3 aromatic rings. The van der Waals surface area contributed by atoms with Gasteiger partial charge in [0.25, 0.3) is 0 Å². The molecule has 5 rings (SSSR count). The van der Waals surface area contributed by atoms with Crippen molar-refractivity contribution in [2.45, 2.75) is 25.4 Å². The highest BCUT2D eigenvalue weighted by Gasteiger charge is 2.36. The lowest BCUT2D eigenvalue weighted by Crippen LogP contribution is -2.61. The first-order chi connectivity index (χ1) is 16.9. The Hall–Kier alpha value is -3.15. The van der Waals surface area contributed by atoms with Crippen LogP contribution >= 0.6 is 11.6 Å². The number of aromatic nitrogens is 3. The average Bonchev–Trinajstić information content (AvgIpc) is 3.14. The number of halogens is 3. The van der Waals surface area contributed by atoms with E-state index in [1.807, 2.05) is 6.92 Å². The molecule has 9 nitrogen and oxygen atoms in total. The molecule has 0 saturated carbocycles. The smallest absolute Gasteiger partial charge is 0.147 e. The highest BCUT2D eigenvalue weighted by molar-refractivity contribution is 6.47. The Labute approximate surface area is 205 Å². The van der Waals surface area contributed by atoms with Crippen molar-refractivity contribution in [2.75, 3.05) is 32.9 Å². The van der Waals surface area contributed by atoms with Gasteiger partial charge in [-0.25, -0.2) is 13.3 Å². The van der Waals surface area contributed by atoms with E-state index in [4.69, 9.17) is 31.9 Å². The largest absolute Gasteiger partial charge is 0.491 e. The number of aliphatic imine (C=N–C) groups is 1. The van der Waals surface area contributed by atoms with Crippen LogP contribution in [-0.4, -0.2) is 75.9 Å². The molecule has 3 aromatic heterocycles. The summed E-state index contributed by atoms with van der Waals surface area (Å²) in [5, 5.41) is 8.65. The number of nitrogens with two attached hydrogens (primary N) is 1. The second-order valence-corrected chi connectivity index (χ2v) is 8.96. The van der Waals surface area contributed by atoms with E-state index in [0.717, 1.165) is 38.6 Å². The second kappa shape index (κ2) is 9.84. The van der Waals surface area contributed by atoms with Gasteiger partial charge in [0.15, 0.2) is 0 Å². The van der Waals surface area contributed by atoms with Gasteiger partial charge in [-0.3, -0.25) is 14.9 Å². The molecule has 2 fully saturated rings. The summed E-state index contributed by atoms with van der Waals surface area (Å²) in [4.78, 5) is 10.9. The molecular formula is C23H24ClF2N7O2. The van der Waals surface area contributed by atoms with Crippen LogP contribution in [0, 0.1) is 11.6 Å². The highest BCUT2D eigenvalue weighted by Crippen LogP contribution is 2.29. The molecule has 0 unspecified atom stereocenters. The van der Waals surface area contributed by atoms with Crippen LogP contribution in [0.1, 0.15) is 18.2 Å². The van der Waals surface area contributed by atoms with Crippen molar-refractivity contribution in [2.24, 2.45) is 15.9 Å². The highest BCUT2D eigenvalue weighted by atomic mass is 35.5. The zero-order valence-electron chi connectivity index (χ0n) is 19.0. The molecule has 0 spiro atoms. The van der Waals surface area contributed by atoms with Crippen molar-refractivity contribution in [1.29, 1.82) is 0 Å². The molecule has 35 heavy (non-hydrogen) atoms. The summed E-state index contributed by atoms with van der Waals surface area (Å²) in [6.07, 6.45) is 4.36. The molecule has 0 aliphatic carbocycles. The zero-order valence-corrected chi connectivity index (χ0v) is 19.8. The van der Waals surface area contributed by atoms with Gasteiger partial charge in [0, 0.05) is 37.3 Å². The Morgan fingerprint density at radius 1 is 1.29 bits per heavy atom. The number of nitrogens with zero attached hydrogens (tertiary/aromatic N) is 6. The molecule has 5 heterocycles. The van der Waals surface area contributed by atoms with Crippen molar-refractivity contribution in [3.05, 3.63) is 58.6 Å². The molecule has 0 aromatic carbocycles. The van der Waals surface area contributed by atoms with Crippen LogP contribution in [0.5, 0.6) is 5.75 Å². The van der Waals surface area contributed by atoms with Crippen LogP contribution in [0.15, 0.2) is 40.8 Å². The van der Waals surface area contributed by atoms with Crippen LogP contribution in [-0.2, 0) is 11.2 Å². The standard InChI is InChI=1S/C23H24ClF2N7O2/c1-13(30-16-9-32(10-16)17-11-34-12-17)22(31-27)14-4-21(23-18(24)7-29-33(23)8-14)35-3-2-20-19(26)5-15(25)6-28-20/h4-8,16-17H,2-3,9-12,27H2,1H3/b30-13?,31-22+. The minimum Gasteiger partial charge on any atom is -0.491 e. The number of hydrazone groups is 1. The summed E-state index contributed by atoms with van der Waals surface area (Å²) in [6, 6.07) is 3.21. The molecule has 0 bridgehead atoms. The van der Waals surface area contributed by atoms with Gasteiger partial charge in [-0.05, 0) is 13.0 Å². The van der Waals surface area contributed by atoms with Gasteiger partial charge in [0.05, 0.1) is 60.7 Å². The number of hydrogen-bond acceptors (Lipinski definition) is 8. The van der Waals surface area contributed by atoms with E-state index in [1.54, 1.807) is 16.8 Å². The van der Waals surface area contributed by atoms with Crippen LogP contribution in [0.4, 0.5) is 8.78 Å². The molecule has 0 amide bonds. The van der Waals surface area contributed by atoms with E-state index in [-0.39, 0.29) is 24.8 Å². The minimum atomic E-state index is -0.732. The second-order valence-electron chi connectivity index (χ2n) is 8.55. The minimum absolute atomic E-state index is 0.0845. The molecular weight excluding hydrogens is 480 g/mol. The predicted molar refractivity (Wildman–Crippen MR) is 127 cm³/mol. The fourth-order valence-electron chi connectivity index (χ4n) is 4.19. The maximum atomic E-state index is 13.9. The number of rotatable bonds is 8. The number of hydrogen-bond donors (Lipinski definition) is 1. The molecule has 0 atom stereocenters. The van der Waals surface area contributed by atoms with E-state index < -0.39 is 11.6 Å². The van der Waals surface area contributed by atoms with Crippen LogP contribution in [0.2, 0.25) is 5.02 Å². The molecule has 0 radical (unpaired) electrons. The van der Waals surface area contributed by atoms with E-state index in [0.29, 0.717) is 39.3 Å². The Morgan fingerprint density at radius 3 is 2.77 bits per heavy atom. The summed E-state index contributed by atoms with van der Waals surface area (Å²) in [7, 11) is 0. The Balaban J connectivity index is 1.34. The van der Waals surface area contributed by atoms with E-state index in [9.17, 15) is 8.78 Å². The molecule has 2 aliphatic rings. The normalized spacial score (nSPS) is 18.1. The lowest BCUT2D eigenvalue weighted by atomic mass is 10.0. The van der Waals surface area contributed by atoms with Crippen molar-refractivity contribution in [3.63, 3.8) is 0 Å². The topological polar surface area (TPSA) is 103 Å². The molecule has 2 N–H and O–H groups in total. The van der Waals surface area contributed by atoms with Crippen molar-refractivity contribution < 1.29 is 18.3 Å². The summed E-state index contributed by atoms with van der Waals surface area (Å²) in [5.41, 5.74) is 2.49. The van der Waals surface area contributed by atoms with Gasteiger partial charge in [-0.1, -0.05) is 11.6 Å². The van der Waals surface area contributed by atoms with E-state index in [1.165, 1.54) is 6.20 Å². The van der Waals surface area contributed by atoms with Crippen molar-refractivity contribution in [3.8, 4) is 5.75 Å². The first kappa shape index (κ1) is 23.6. The quantitative estimate of drug-likeness (QED) is 0.288. The maximum Gasteiger partial charge on any atom is 0.147 e. The fourth-order valence-corrected chi connectivity index (χ4v) is 4.41. The van der Waals surface area contributed by atoms with Gasteiger partial charge in [-0.2, -0.15) is 10.2 Å². The zero-order chi connectivity index (χ0) is 24.5. The van der Waals surface area contributed by atoms with Gasteiger partial charge in [0.1, 0.15) is 28.6 Å². The number of likely N-dealkylation sites (tertiary alicyclic amines) is 1. The van der Waals surface area contributed by atoms with Crippen LogP contribution < -0.4 is 10.6 Å². The summed E-state index contributed by atoms with van der Waals surface area (Å²) in [5.74, 6) is 4.72. The Kier molecular flexibility index (Phi) is 6.63. The summed E-state index contributed by atoms with van der Waals surface area (Å²) >= 11 is 6.33. The number of pyridine rings is 2. The Bertz CT molecular complexity index is 1300. The third-order valence-electron chi connectivity index (χ3n) is 6.16. The first-order valence-electron chi connectivity index (χ1n) is 11.2. The third-order valence-corrected chi connectivity index (χ3v) is 6.44. The van der Waals surface area contributed by atoms with Crippen molar-refractivity contribution in [1.82, 2.24) is 19.5 Å². The van der Waals surface area contributed by atoms with Crippen LogP contribution in [0.25, 0.3) is 5.52 Å². The molecule has 2 aliphatic heterocycles. The first-order valence-corrected chi connectivity index (χ1v) is 11.5. The lowest BCUT2D eigenvalue weighted by Gasteiger charge is -2.46. The molecule has 2 saturated heterocycles. The molecule has 184 valence electrons. The summed E-state index contributed by atoms with van der Waals surface area (Å²) in [6.45, 7) is 5.26. The fraction of sp³-hybridized carbons (Fsp3) is 0.391. The third kappa shape index (κ3) is 4.84. The SMILES string of the molecule is CC(=NC1CN(C2COC2)C1)/C(=N\N)c1cc(OCCc2ncc(F)cc2F)c2c(Cl)cnn2c1. The van der Waals surface area contributed by atoms with Gasteiger partial charge in [0.2, 0.25) is 0 Å². The molecule has 12 heteroatoms. The monoisotopic (exact) mass is 503 g/mol. The number of ether oxygens (including phenoxy) is 2. The number of fused-ring (bicyclic) bond motifs is 1. The van der Waals surface area contributed by atoms with Gasteiger partial charge < -0.3 is 15.3 Å². The van der Waals surface area contributed by atoms with E-state index in [2.05, 4.69) is 20.1 Å². The van der Waals surface area contributed by atoms with E-state index >= 15 is 0 Å². The lowest BCUT2D eigenvalue weighted by molar-refractivity contribution is -0.0891. The maximum absolute atomic E-state index is 13.9. The predicted octanol–water partition coefficient (Wildman–Crippen LogP) is 2.49. The Morgan fingerprint density at radius 2 is 2.09 bits per heavy atom. The van der Waals surface area contributed by atoms with Gasteiger partial charge in [-0.15, -0.1) is 0 Å².